The van der Waals surface area contributed by atoms with Crippen molar-refractivity contribution in [3.63, 3.8) is 0 Å². The highest BCUT2D eigenvalue weighted by Crippen LogP contribution is 2.34. The van der Waals surface area contributed by atoms with Crippen molar-refractivity contribution in [2.75, 3.05) is 0 Å². The fraction of sp³-hybridized carbons (Fsp3) is 0.111. The Balaban J connectivity index is 2.73. The molecule has 0 spiro atoms. The molecular weight excluding hydrogens is 225 g/mol. The lowest BCUT2D eigenvalue weighted by Crippen LogP contribution is -2.05. The molecule has 0 saturated carbocycles. The van der Waals surface area contributed by atoms with E-state index >= 15 is 0 Å². The predicted molar refractivity (Wildman–Crippen MR) is 48.1 cm³/mol. The Labute approximate surface area is 86.7 Å². The number of aromatic nitrogens is 2. The molecule has 2 rings (SSSR count). The van der Waals surface area contributed by atoms with E-state index in [0.717, 1.165) is 18.3 Å². The Hall–Kier alpha value is -2.05. The van der Waals surface area contributed by atoms with Crippen LogP contribution in [0.3, 0.4) is 0 Å². The highest BCUT2D eigenvalue weighted by Gasteiger charge is 2.33. The predicted octanol–water partition coefficient (Wildman–Crippen LogP) is 2.28. The fourth-order valence-corrected chi connectivity index (χ4v) is 1.39. The SMILES string of the molecule is O=C(O)c1cc2c(C(F)(F)F)ccnc2[nH]1. The number of aromatic carboxylic acids is 1. The number of fused-ring (bicyclic) bond motifs is 1. The molecule has 0 aliphatic heterocycles. The van der Waals surface area contributed by atoms with Crippen molar-refractivity contribution in [2.24, 2.45) is 0 Å². The summed E-state index contributed by atoms with van der Waals surface area (Å²) in [4.78, 5) is 16.5. The molecule has 7 heteroatoms. The summed E-state index contributed by atoms with van der Waals surface area (Å²) in [5, 5.41) is 8.40. The molecule has 2 aromatic heterocycles. The zero-order chi connectivity index (χ0) is 11.9. The average molecular weight is 230 g/mol. The quantitative estimate of drug-likeness (QED) is 0.789. The third-order valence-corrected chi connectivity index (χ3v) is 2.07. The van der Waals surface area contributed by atoms with Gasteiger partial charge in [-0.3, -0.25) is 0 Å². The molecule has 0 radical (unpaired) electrons. The van der Waals surface area contributed by atoms with Crippen molar-refractivity contribution in [1.29, 1.82) is 0 Å². The lowest BCUT2D eigenvalue weighted by atomic mass is 10.2. The van der Waals surface area contributed by atoms with E-state index in [4.69, 9.17) is 5.11 Å². The molecule has 0 aromatic carbocycles. The average Bonchev–Trinajstić information content (AvgIpc) is 2.58. The van der Waals surface area contributed by atoms with Gasteiger partial charge in [-0.15, -0.1) is 0 Å². The van der Waals surface area contributed by atoms with Crippen LogP contribution in [0.4, 0.5) is 13.2 Å². The molecule has 0 amide bonds. The largest absolute Gasteiger partial charge is 0.477 e. The number of alkyl halides is 3. The van der Waals surface area contributed by atoms with Gasteiger partial charge in [-0.05, 0) is 12.1 Å². The number of nitrogens with zero attached hydrogens (tertiary/aromatic N) is 1. The minimum atomic E-state index is -4.53. The minimum absolute atomic E-state index is 0.0905. The summed E-state index contributed by atoms with van der Waals surface area (Å²) in [5.74, 6) is -1.33. The van der Waals surface area contributed by atoms with E-state index in [-0.39, 0.29) is 16.7 Å². The van der Waals surface area contributed by atoms with E-state index in [0.29, 0.717) is 0 Å². The molecule has 16 heavy (non-hydrogen) atoms. The van der Waals surface area contributed by atoms with Gasteiger partial charge in [0, 0.05) is 11.6 Å². The first-order valence-corrected chi connectivity index (χ1v) is 4.18. The summed E-state index contributed by atoms with van der Waals surface area (Å²) in [6.45, 7) is 0. The van der Waals surface area contributed by atoms with Gasteiger partial charge >= 0.3 is 12.1 Å². The van der Waals surface area contributed by atoms with Gasteiger partial charge in [0.25, 0.3) is 0 Å². The first-order valence-electron chi connectivity index (χ1n) is 4.18. The third-order valence-electron chi connectivity index (χ3n) is 2.07. The van der Waals surface area contributed by atoms with Crippen molar-refractivity contribution >= 4 is 17.0 Å². The second-order valence-electron chi connectivity index (χ2n) is 3.11. The lowest BCUT2D eigenvalue weighted by molar-refractivity contribution is -0.136. The fourth-order valence-electron chi connectivity index (χ4n) is 1.39. The van der Waals surface area contributed by atoms with Crippen LogP contribution in [0.1, 0.15) is 16.1 Å². The molecule has 0 fully saturated rings. The summed E-state index contributed by atoms with van der Waals surface area (Å²) in [6, 6.07) is 1.73. The minimum Gasteiger partial charge on any atom is -0.477 e. The van der Waals surface area contributed by atoms with Crippen molar-refractivity contribution in [2.45, 2.75) is 6.18 Å². The van der Waals surface area contributed by atoms with Crippen LogP contribution in [0, 0.1) is 0 Å². The van der Waals surface area contributed by atoms with E-state index in [1.165, 1.54) is 0 Å². The zero-order valence-corrected chi connectivity index (χ0v) is 7.67. The Morgan fingerprint density at radius 3 is 2.69 bits per heavy atom. The van der Waals surface area contributed by atoms with Crippen molar-refractivity contribution in [1.82, 2.24) is 9.97 Å². The maximum Gasteiger partial charge on any atom is 0.417 e. The molecule has 2 heterocycles. The molecule has 0 bridgehead atoms. The van der Waals surface area contributed by atoms with Gasteiger partial charge in [-0.1, -0.05) is 0 Å². The summed E-state index contributed by atoms with van der Waals surface area (Å²) < 4.78 is 37.6. The first-order chi connectivity index (χ1) is 7.39. The summed E-state index contributed by atoms with van der Waals surface area (Å²) in [6.07, 6.45) is -3.55. The topological polar surface area (TPSA) is 66.0 Å². The number of carboxylic acids is 1. The lowest BCUT2D eigenvalue weighted by Gasteiger charge is -2.06. The second kappa shape index (κ2) is 3.22. The Morgan fingerprint density at radius 2 is 2.12 bits per heavy atom. The summed E-state index contributed by atoms with van der Waals surface area (Å²) >= 11 is 0. The molecule has 0 saturated heterocycles. The van der Waals surface area contributed by atoms with Crippen molar-refractivity contribution in [3.05, 3.63) is 29.6 Å². The maximum atomic E-state index is 12.5. The van der Waals surface area contributed by atoms with Gasteiger partial charge in [0.1, 0.15) is 11.3 Å². The second-order valence-corrected chi connectivity index (χ2v) is 3.11. The number of hydrogen-bond acceptors (Lipinski definition) is 2. The van der Waals surface area contributed by atoms with E-state index in [2.05, 4.69) is 9.97 Å². The van der Waals surface area contributed by atoms with Crippen LogP contribution in [0.5, 0.6) is 0 Å². The number of rotatable bonds is 1. The Morgan fingerprint density at radius 1 is 1.44 bits per heavy atom. The molecule has 2 aromatic rings. The zero-order valence-electron chi connectivity index (χ0n) is 7.67. The highest BCUT2D eigenvalue weighted by atomic mass is 19.4. The summed E-state index contributed by atoms with van der Waals surface area (Å²) in [5.41, 5.74) is -1.31. The standard InChI is InChI=1S/C9H5F3N2O2/c10-9(11,12)5-1-2-13-7-4(5)3-6(14-7)8(15)16/h1-3H,(H,13,14)(H,15,16). The number of pyridine rings is 1. The van der Waals surface area contributed by atoms with Crippen LogP contribution in [0.15, 0.2) is 18.3 Å². The van der Waals surface area contributed by atoms with Crippen molar-refractivity contribution < 1.29 is 23.1 Å². The smallest absolute Gasteiger partial charge is 0.417 e. The van der Waals surface area contributed by atoms with Crippen LogP contribution in [0.2, 0.25) is 0 Å². The number of aromatic amines is 1. The van der Waals surface area contributed by atoms with Gasteiger partial charge in [0.15, 0.2) is 0 Å². The van der Waals surface area contributed by atoms with Gasteiger partial charge in [0.2, 0.25) is 0 Å². The molecule has 0 aliphatic rings. The van der Waals surface area contributed by atoms with Gasteiger partial charge in [0.05, 0.1) is 5.56 Å². The van der Waals surface area contributed by atoms with Gasteiger partial charge < -0.3 is 10.1 Å². The molecule has 2 N–H and O–H groups in total. The molecule has 0 atom stereocenters. The molecule has 4 nitrogen and oxygen atoms in total. The van der Waals surface area contributed by atoms with Crippen LogP contribution in [0.25, 0.3) is 11.0 Å². The van der Waals surface area contributed by atoms with Gasteiger partial charge in [-0.25, -0.2) is 9.78 Å². The summed E-state index contributed by atoms with van der Waals surface area (Å²) in [7, 11) is 0. The Bertz CT molecular complexity index is 559. The van der Waals surface area contributed by atoms with Crippen LogP contribution in [-0.4, -0.2) is 21.0 Å². The van der Waals surface area contributed by atoms with E-state index < -0.39 is 17.7 Å². The molecular formula is C9H5F3N2O2. The van der Waals surface area contributed by atoms with Crippen LogP contribution < -0.4 is 0 Å². The highest BCUT2D eigenvalue weighted by molar-refractivity contribution is 5.93. The molecule has 0 unspecified atom stereocenters. The van der Waals surface area contributed by atoms with E-state index in [1.807, 2.05) is 0 Å². The van der Waals surface area contributed by atoms with Crippen molar-refractivity contribution in [3.8, 4) is 0 Å². The first kappa shape index (κ1) is 10.5. The number of halogens is 3. The number of carbonyl (C=O) groups is 1. The van der Waals surface area contributed by atoms with Crippen LogP contribution in [-0.2, 0) is 6.18 Å². The monoisotopic (exact) mass is 230 g/mol. The number of H-pyrrole nitrogens is 1. The number of hydrogen-bond donors (Lipinski definition) is 2. The number of nitrogens with one attached hydrogen (secondary N) is 1. The van der Waals surface area contributed by atoms with Gasteiger partial charge in [-0.2, -0.15) is 13.2 Å². The number of carboxylic acid groups (broad SMARTS) is 1. The molecule has 84 valence electrons. The van der Waals surface area contributed by atoms with E-state index in [1.54, 1.807) is 0 Å². The maximum absolute atomic E-state index is 12.5. The van der Waals surface area contributed by atoms with E-state index in [9.17, 15) is 18.0 Å². The Kier molecular flexibility index (Phi) is 2.11. The third kappa shape index (κ3) is 1.60. The molecule has 0 aliphatic carbocycles. The van der Waals surface area contributed by atoms with Crippen LogP contribution >= 0.6 is 0 Å². The normalized spacial score (nSPS) is 11.9.